The lowest BCUT2D eigenvalue weighted by Gasteiger charge is -2.19. The predicted molar refractivity (Wildman–Crippen MR) is 126 cm³/mol. The number of benzene rings is 1. The van der Waals surface area contributed by atoms with Crippen molar-refractivity contribution < 1.29 is 9.13 Å². The van der Waals surface area contributed by atoms with E-state index in [-0.39, 0.29) is 35.9 Å². The van der Waals surface area contributed by atoms with Crippen LogP contribution in [-0.4, -0.2) is 43.7 Å². The van der Waals surface area contributed by atoms with Crippen LogP contribution in [-0.2, 0) is 6.54 Å². The van der Waals surface area contributed by atoms with Gasteiger partial charge in [-0.25, -0.2) is 9.37 Å². The lowest BCUT2D eigenvalue weighted by Crippen LogP contribution is -2.41. The van der Waals surface area contributed by atoms with Crippen molar-refractivity contribution in [1.82, 2.24) is 15.6 Å². The van der Waals surface area contributed by atoms with E-state index >= 15 is 0 Å². The van der Waals surface area contributed by atoms with Gasteiger partial charge in [-0.15, -0.1) is 24.0 Å². The fraction of sp³-hybridized carbons (Fsp3) is 0.429. The van der Waals surface area contributed by atoms with E-state index in [1.54, 1.807) is 19.2 Å². The Bertz CT molecular complexity index is 781. The molecule has 1 unspecified atom stereocenters. The zero-order valence-corrected chi connectivity index (χ0v) is 19.2. The number of hydrogen-bond donors (Lipinski definition) is 2. The summed E-state index contributed by atoms with van der Waals surface area (Å²) in [5.41, 5.74) is 1.16. The van der Waals surface area contributed by atoms with Crippen LogP contribution in [0, 0.1) is 5.82 Å². The van der Waals surface area contributed by atoms with Crippen LogP contribution < -0.4 is 20.3 Å². The molecule has 6 nitrogen and oxygen atoms in total. The fourth-order valence-corrected chi connectivity index (χ4v) is 3.12. The summed E-state index contributed by atoms with van der Waals surface area (Å²) in [5.74, 6) is 2.12. The molecule has 0 bridgehead atoms. The van der Waals surface area contributed by atoms with Crippen molar-refractivity contribution in [2.24, 2.45) is 4.99 Å². The van der Waals surface area contributed by atoms with Crippen molar-refractivity contribution in [3.63, 3.8) is 0 Å². The molecule has 0 aliphatic carbocycles. The Kier molecular flexibility index (Phi) is 9.43. The molecule has 29 heavy (non-hydrogen) atoms. The molecule has 2 aromatic rings. The summed E-state index contributed by atoms with van der Waals surface area (Å²) in [7, 11) is 1.74. The summed E-state index contributed by atoms with van der Waals surface area (Å²) in [6, 6.07) is 10.2. The van der Waals surface area contributed by atoms with Crippen LogP contribution in [0.25, 0.3) is 0 Å². The molecule has 1 aliphatic rings. The minimum absolute atomic E-state index is 0. The van der Waals surface area contributed by atoms with Gasteiger partial charge in [-0.05, 0) is 61.7 Å². The predicted octanol–water partition coefficient (Wildman–Crippen LogP) is 3.57. The van der Waals surface area contributed by atoms with E-state index in [9.17, 15) is 4.39 Å². The van der Waals surface area contributed by atoms with Gasteiger partial charge < -0.3 is 20.3 Å². The van der Waals surface area contributed by atoms with E-state index in [1.165, 1.54) is 25.0 Å². The maximum atomic E-state index is 13.0. The van der Waals surface area contributed by atoms with Crippen molar-refractivity contribution in [2.75, 3.05) is 31.6 Å². The Balaban J connectivity index is 0.00000300. The minimum Gasteiger partial charge on any atom is -0.489 e. The zero-order valence-electron chi connectivity index (χ0n) is 16.9. The third-order valence-corrected chi connectivity index (χ3v) is 4.63. The number of nitrogens with one attached hydrogen (secondary N) is 2. The highest BCUT2D eigenvalue weighted by Crippen LogP contribution is 2.18. The number of nitrogens with zero attached hydrogens (tertiary/aromatic N) is 3. The quantitative estimate of drug-likeness (QED) is 0.337. The van der Waals surface area contributed by atoms with Crippen LogP contribution in [0.15, 0.2) is 47.6 Å². The molecule has 158 valence electrons. The molecule has 1 aromatic heterocycles. The van der Waals surface area contributed by atoms with Gasteiger partial charge in [0, 0.05) is 32.9 Å². The molecule has 0 amide bonds. The van der Waals surface area contributed by atoms with Gasteiger partial charge in [-0.2, -0.15) is 0 Å². The number of halogens is 2. The average molecular weight is 513 g/mol. The monoisotopic (exact) mass is 513 g/mol. The topological polar surface area (TPSA) is 61.8 Å². The number of aromatic nitrogens is 1. The number of ether oxygens (including phenoxy) is 1. The van der Waals surface area contributed by atoms with E-state index in [0.29, 0.717) is 24.8 Å². The van der Waals surface area contributed by atoms with Crippen molar-refractivity contribution in [2.45, 2.75) is 32.4 Å². The molecular formula is C21H29FIN5O. The number of anilines is 1. The first kappa shape index (κ1) is 23.2. The molecular weight excluding hydrogens is 484 g/mol. The Hall–Kier alpha value is -2.10. The third kappa shape index (κ3) is 7.34. The van der Waals surface area contributed by atoms with E-state index < -0.39 is 0 Å². The first-order valence-electron chi connectivity index (χ1n) is 9.70. The molecule has 1 aliphatic heterocycles. The van der Waals surface area contributed by atoms with E-state index in [1.807, 2.05) is 19.2 Å². The highest BCUT2D eigenvalue weighted by atomic mass is 127. The highest BCUT2D eigenvalue weighted by Gasteiger charge is 2.13. The van der Waals surface area contributed by atoms with Crippen molar-refractivity contribution in [1.29, 1.82) is 0 Å². The van der Waals surface area contributed by atoms with Gasteiger partial charge in [0.2, 0.25) is 0 Å². The molecule has 0 saturated carbocycles. The molecule has 0 radical (unpaired) electrons. The Morgan fingerprint density at radius 1 is 1.21 bits per heavy atom. The fourth-order valence-electron chi connectivity index (χ4n) is 3.12. The van der Waals surface area contributed by atoms with Gasteiger partial charge in [-0.3, -0.25) is 4.99 Å². The van der Waals surface area contributed by atoms with Crippen LogP contribution in [0.1, 0.15) is 25.3 Å². The third-order valence-electron chi connectivity index (χ3n) is 4.63. The normalized spacial score (nSPS) is 14.9. The van der Waals surface area contributed by atoms with Gasteiger partial charge in [0.25, 0.3) is 0 Å². The summed E-state index contributed by atoms with van der Waals surface area (Å²) in [4.78, 5) is 11.1. The number of hydrogen-bond acceptors (Lipinski definition) is 4. The summed E-state index contributed by atoms with van der Waals surface area (Å²) in [5, 5.41) is 6.57. The van der Waals surface area contributed by atoms with Crippen LogP contribution in [0.2, 0.25) is 0 Å². The summed E-state index contributed by atoms with van der Waals surface area (Å²) in [6.45, 7) is 5.36. The molecule has 1 aromatic carbocycles. The largest absolute Gasteiger partial charge is 0.489 e. The number of guanidine groups is 1. The van der Waals surface area contributed by atoms with Crippen LogP contribution in [0.4, 0.5) is 10.2 Å². The maximum absolute atomic E-state index is 13.0. The first-order chi connectivity index (χ1) is 13.6. The summed E-state index contributed by atoms with van der Waals surface area (Å²) in [6.07, 6.45) is 4.24. The van der Waals surface area contributed by atoms with Crippen molar-refractivity contribution in [3.05, 3.63) is 54.0 Å². The molecule has 3 rings (SSSR count). The summed E-state index contributed by atoms with van der Waals surface area (Å²) < 4.78 is 18.7. The van der Waals surface area contributed by atoms with Gasteiger partial charge in [-0.1, -0.05) is 0 Å². The van der Waals surface area contributed by atoms with Crippen molar-refractivity contribution in [3.8, 4) is 5.75 Å². The van der Waals surface area contributed by atoms with E-state index in [0.717, 1.165) is 24.5 Å². The molecule has 2 N–H and O–H groups in total. The SMILES string of the molecule is CN=C(NCc1ccnc(N2CCCC2)c1)NCC(C)Oc1ccc(F)cc1.I. The van der Waals surface area contributed by atoms with Gasteiger partial charge in [0.1, 0.15) is 23.5 Å². The lowest BCUT2D eigenvalue weighted by molar-refractivity contribution is 0.223. The molecule has 2 heterocycles. The number of rotatable bonds is 7. The summed E-state index contributed by atoms with van der Waals surface area (Å²) >= 11 is 0. The Morgan fingerprint density at radius 2 is 1.93 bits per heavy atom. The number of aliphatic imine (C=N–C) groups is 1. The highest BCUT2D eigenvalue weighted by molar-refractivity contribution is 14.0. The second-order valence-corrected chi connectivity index (χ2v) is 6.91. The van der Waals surface area contributed by atoms with Crippen LogP contribution in [0.3, 0.4) is 0 Å². The lowest BCUT2D eigenvalue weighted by atomic mass is 10.2. The van der Waals surface area contributed by atoms with E-state index in [2.05, 4.69) is 31.6 Å². The first-order valence-corrected chi connectivity index (χ1v) is 9.70. The molecule has 0 spiro atoms. The zero-order chi connectivity index (χ0) is 19.8. The standard InChI is InChI=1S/C21H28FN5O.HI/c1-16(28-19-7-5-18(22)6-8-19)14-25-21(23-2)26-15-17-9-10-24-20(13-17)27-11-3-4-12-27;/h5-10,13,16H,3-4,11-12,14-15H2,1-2H3,(H2,23,25,26);1H. The van der Waals surface area contributed by atoms with Crippen molar-refractivity contribution >= 4 is 35.8 Å². The maximum Gasteiger partial charge on any atom is 0.191 e. The molecule has 8 heteroatoms. The Labute approximate surface area is 189 Å². The molecule has 1 saturated heterocycles. The van der Waals surface area contributed by atoms with Gasteiger partial charge in [0.15, 0.2) is 5.96 Å². The average Bonchev–Trinajstić information content (AvgIpc) is 3.25. The number of pyridine rings is 1. The second-order valence-electron chi connectivity index (χ2n) is 6.91. The minimum atomic E-state index is -0.272. The smallest absolute Gasteiger partial charge is 0.191 e. The van der Waals surface area contributed by atoms with Gasteiger partial charge in [0.05, 0.1) is 6.54 Å². The second kappa shape index (κ2) is 11.8. The molecule has 1 atom stereocenters. The Morgan fingerprint density at radius 3 is 2.62 bits per heavy atom. The molecule has 1 fully saturated rings. The van der Waals surface area contributed by atoms with Crippen LogP contribution >= 0.6 is 24.0 Å². The van der Waals surface area contributed by atoms with Crippen LogP contribution in [0.5, 0.6) is 5.75 Å². The van der Waals surface area contributed by atoms with E-state index in [4.69, 9.17) is 4.74 Å². The van der Waals surface area contributed by atoms with Gasteiger partial charge >= 0.3 is 0 Å².